The molecule has 0 fully saturated rings. The van der Waals surface area contributed by atoms with Gasteiger partial charge >= 0.3 is 12.2 Å². The highest BCUT2D eigenvalue weighted by Gasteiger charge is 2.38. The van der Waals surface area contributed by atoms with Crippen LogP contribution in [0.1, 0.15) is 0 Å². The minimum atomic E-state index is -4.72. The first-order valence-corrected chi connectivity index (χ1v) is 2.75. The molecule has 0 aromatic heterocycles. The van der Waals surface area contributed by atoms with Crippen LogP contribution in [0.25, 0.3) is 0 Å². The number of alkyl halides is 3. The van der Waals surface area contributed by atoms with Gasteiger partial charge in [0.15, 0.2) is 0 Å². The summed E-state index contributed by atoms with van der Waals surface area (Å²) in [6.07, 6.45) is -4.50. The summed E-state index contributed by atoms with van der Waals surface area (Å²) in [6, 6.07) is -1.30. The van der Waals surface area contributed by atoms with Crippen LogP contribution in [0.2, 0.25) is 0 Å². The fourth-order valence-electron chi connectivity index (χ4n) is 0.588. The van der Waals surface area contributed by atoms with E-state index in [9.17, 15) is 22.8 Å². The average molecular weight is 179 g/mol. The van der Waals surface area contributed by atoms with Gasteiger partial charge in [-0.3, -0.25) is 4.79 Å². The number of carbonyl (C=O) groups excluding carboxylic acids is 2. The first-order valence-electron chi connectivity index (χ1n) is 2.75. The Kier molecular flexibility index (Phi) is 1.79. The fourth-order valence-corrected chi connectivity index (χ4v) is 0.588. The van der Waals surface area contributed by atoms with E-state index >= 15 is 0 Å². The maximum Gasteiger partial charge on any atom is 0.431 e. The maximum absolute atomic E-state index is 11.8. The lowest BCUT2D eigenvalue weighted by Crippen LogP contribution is -2.42. The van der Waals surface area contributed by atoms with Gasteiger partial charge in [0, 0.05) is 6.08 Å². The molecule has 1 rings (SSSR count). The number of urea groups is 1. The molecule has 1 radical (unpaired) electrons. The van der Waals surface area contributed by atoms with Gasteiger partial charge in [-0.1, -0.05) is 0 Å². The summed E-state index contributed by atoms with van der Waals surface area (Å²) in [5.74, 6) is -1.20. The lowest BCUT2D eigenvalue weighted by atomic mass is 10.3. The Labute approximate surface area is 64.4 Å². The van der Waals surface area contributed by atoms with Gasteiger partial charge in [0.2, 0.25) is 0 Å². The van der Waals surface area contributed by atoms with Gasteiger partial charge in [-0.25, -0.2) is 4.79 Å². The van der Waals surface area contributed by atoms with Crippen molar-refractivity contribution < 1.29 is 22.8 Å². The van der Waals surface area contributed by atoms with Crippen molar-refractivity contribution in [2.75, 3.05) is 0 Å². The van der Waals surface area contributed by atoms with E-state index in [1.807, 2.05) is 0 Å². The fraction of sp³-hybridized carbons (Fsp3) is 0.200. The molecule has 1 aliphatic heterocycles. The molecule has 0 aliphatic carbocycles. The average Bonchev–Trinajstić information content (AvgIpc) is 1.82. The second-order valence-electron chi connectivity index (χ2n) is 1.94. The molecule has 0 saturated carbocycles. The number of nitrogens with zero attached hydrogens (tertiary/aromatic N) is 1. The van der Waals surface area contributed by atoms with Crippen LogP contribution in [0.15, 0.2) is 11.8 Å². The van der Waals surface area contributed by atoms with E-state index in [0.29, 0.717) is 0 Å². The number of rotatable bonds is 0. The standard InChI is InChI=1S/C5H2F3N2O2/c6-5(7,8)2-1-3(11)10-4(12)9-2/h1H,(H,9,12). The molecule has 0 bridgehead atoms. The molecule has 0 aromatic carbocycles. The highest BCUT2D eigenvalue weighted by Crippen LogP contribution is 2.24. The lowest BCUT2D eigenvalue weighted by molar-refractivity contribution is -0.119. The van der Waals surface area contributed by atoms with Crippen LogP contribution in [0.4, 0.5) is 18.0 Å². The van der Waals surface area contributed by atoms with Gasteiger partial charge < -0.3 is 5.32 Å². The number of hydrogen-bond acceptors (Lipinski definition) is 2. The van der Waals surface area contributed by atoms with E-state index in [4.69, 9.17) is 0 Å². The van der Waals surface area contributed by atoms with Crippen LogP contribution < -0.4 is 10.6 Å². The highest BCUT2D eigenvalue weighted by molar-refractivity contribution is 6.03. The SMILES string of the molecule is O=C1C=C(C(F)(F)F)NC(=O)[N]1. The number of carbonyl (C=O) groups is 2. The van der Waals surface area contributed by atoms with E-state index < -0.39 is 23.8 Å². The summed E-state index contributed by atoms with van der Waals surface area (Å²) in [4.78, 5) is 20.6. The third kappa shape index (κ3) is 1.74. The minimum absolute atomic E-state index is 0.224. The molecule has 0 spiro atoms. The first-order chi connectivity index (χ1) is 5.39. The molecule has 12 heavy (non-hydrogen) atoms. The summed E-state index contributed by atoms with van der Waals surface area (Å²) in [5, 5.41) is 4.08. The van der Waals surface area contributed by atoms with Gasteiger partial charge in [0.25, 0.3) is 5.91 Å². The van der Waals surface area contributed by atoms with Gasteiger partial charge in [0.1, 0.15) is 5.70 Å². The topological polar surface area (TPSA) is 60.3 Å². The first kappa shape index (κ1) is 8.57. The summed E-state index contributed by atoms with van der Waals surface area (Å²) in [5.41, 5.74) is -1.38. The van der Waals surface area contributed by atoms with Gasteiger partial charge in [-0.15, -0.1) is 0 Å². The highest BCUT2D eigenvalue weighted by atomic mass is 19.4. The van der Waals surface area contributed by atoms with Crippen LogP contribution in [0.3, 0.4) is 0 Å². The number of halogens is 3. The van der Waals surface area contributed by atoms with Gasteiger partial charge in [-0.2, -0.15) is 18.5 Å². The molecule has 0 aromatic rings. The smallest absolute Gasteiger partial charge is 0.301 e. The third-order valence-electron chi connectivity index (χ3n) is 1.03. The number of amides is 3. The van der Waals surface area contributed by atoms with E-state index in [0.717, 1.165) is 0 Å². The van der Waals surface area contributed by atoms with Crippen LogP contribution >= 0.6 is 0 Å². The quantitative estimate of drug-likeness (QED) is 0.580. The predicted octanol–water partition coefficient (Wildman–Crippen LogP) is 0.287. The monoisotopic (exact) mass is 179 g/mol. The Hall–Kier alpha value is -1.53. The zero-order valence-electron chi connectivity index (χ0n) is 5.47. The van der Waals surface area contributed by atoms with Crippen molar-refractivity contribution in [2.24, 2.45) is 0 Å². The Morgan fingerprint density at radius 2 is 1.92 bits per heavy atom. The van der Waals surface area contributed by atoms with E-state index in [-0.39, 0.29) is 6.08 Å². The zero-order valence-corrected chi connectivity index (χ0v) is 5.47. The van der Waals surface area contributed by atoms with Gasteiger partial charge in [0.05, 0.1) is 0 Å². The molecule has 1 N–H and O–H groups in total. The molecule has 4 nitrogen and oxygen atoms in total. The zero-order chi connectivity index (χ0) is 9.35. The Morgan fingerprint density at radius 1 is 1.33 bits per heavy atom. The molecule has 65 valence electrons. The minimum Gasteiger partial charge on any atom is -0.301 e. The van der Waals surface area contributed by atoms with E-state index in [1.165, 1.54) is 5.32 Å². The Bertz CT molecular complexity index is 268. The Balaban J connectivity index is 2.92. The number of imide groups is 1. The normalized spacial score (nSPS) is 18.1. The molecule has 7 heteroatoms. The summed E-state index contributed by atoms with van der Waals surface area (Å²) >= 11 is 0. The maximum atomic E-state index is 11.8. The third-order valence-corrected chi connectivity index (χ3v) is 1.03. The van der Waals surface area contributed by atoms with Crippen molar-refractivity contribution >= 4 is 11.9 Å². The second kappa shape index (κ2) is 2.50. The molecule has 1 heterocycles. The van der Waals surface area contributed by atoms with E-state index in [1.54, 1.807) is 0 Å². The van der Waals surface area contributed by atoms with Crippen LogP contribution in [-0.2, 0) is 4.79 Å². The van der Waals surface area contributed by atoms with Crippen molar-refractivity contribution in [2.45, 2.75) is 6.18 Å². The lowest BCUT2D eigenvalue weighted by Gasteiger charge is -2.14. The predicted molar refractivity (Wildman–Crippen MR) is 29.8 cm³/mol. The summed E-state index contributed by atoms with van der Waals surface area (Å²) in [7, 11) is 0. The molecule has 3 amide bonds. The summed E-state index contributed by atoms with van der Waals surface area (Å²) in [6.45, 7) is 0. The van der Waals surface area contributed by atoms with Crippen molar-refractivity contribution in [1.29, 1.82) is 0 Å². The molecular weight excluding hydrogens is 177 g/mol. The van der Waals surface area contributed by atoms with Crippen LogP contribution in [0.5, 0.6) is 0 Å². The van der Waals surface area contributed by atoms with Crippen LogP contribution in [0, 0.1) is 0 Å². The molecule has 0 atom stereocenters. The van der Waals surface area contributed by atoms with Crippen molar-refractivity contribution in [3.63, 3.8) is 0 Å². The largest absolute Gasteiger partial charge is 0.431 e. The van der Waals surface area contributed by atoms with Crippen molar-refractivity contribution in [1.82, 2.24) is 10.6 Å². The number of allylic oxidation sites excluding steroid dienone is 1. The van der Waals surface area contributed by atoms with Crippen molar-refractivity contribution in [3.05, 3.63) is 11.8 Å². The van der Waals surface area contributed by atoms with Crippen LogP contribution in [-0.4, -0.2) is 18.1 Å². The van der Waals surface area contributed by atoms with Gasteiger partial charge in [-0.05, 0) is 0 Å². The number of nitrogens with one attached hydrogen (secondary N) is 1. The van der Waals surface area contributed by atoms with Crippen molar-refractivity contribution in [3.8, 4) is 0 Å². The van der Waals surface area contributed by atoms with E-state index in [2.05, 4.69) is 5.32 Å². The second-order valence-corrected chi connectivity index (χ2v) is 1.94. The Morgan fingerprint density at radius 3 is 2.33 bits per heavy atom. The molecule has 0 saturated heterocycles. The number of hydrogen-bond donors (Lipinski definition) is 1. The summed E-state index contributed by atoms with van der Waals surface area (Å²) < 4.78 is 35.4. The molecular formula is C5H2F3N2O2. The molecule has 0 unspecified atom stereocenters. The molecule has 1 aliphatic rings.